The molecule has 0 aliphatic heterocycles. The highest BCUT2D eigenvalue weighted by Crippen LogP contribution is 2.60. The maximum absolute atomic E-state index is 13.5. The molecule has 0 spiro atoms. The third-order valence-corrected chi connectivity index (χ3v) is 8.66. The molecule has 2 saturated carbocycles. The van der Waals surface area contributed by atoms with Crippen molar-refractivity contribution < 1.29 is 19.1 Å². The van der Waals surface area contributed by atoms with Gasteiger partial charge in [0.1, 0.15) is 18.0 Å². The fraction of sp³-hybridized carbons (Fsp3) is 0.826. The van der Waals surface area contributed by atoms with Gasteiger partial charge in [0.25, 0.3) is 0 Å². The number of ether oxygens (including phenoxy) is 2. The molecular formula is C23H33Cl3O4. The van der Waals surface area contributed by atoms with Gasteiger partial charge in [-0.2, -0.15) is 0 Å². The van der Waals surface area contributed by atoms with Crippen molar-refractivity contribution in [3.63, 3.8) is 0 Å². The Kier molecular flexibility index (Phi) is 6.58. The Hall–Kier alpha value is -0.450. The highest BCUT2D eigenvalue weighted by Gasteiger charge is 2.60. The minimum atomic E-state index is -1.69. The van der Waals surface area contributed by atoms with Gasteiger partial charge < -0.3 is 9.47 Å². The topological polar surface area (TPSA) is 52.6 Å². The second-order valence-corrected chi connectivity index (χ2v) is 12.8. The van der Waals surface area contributed by atoms with Crippen LogP contribution in [0.1, 0.15) is 79.6 Å². The first kappa shape index (κ1) is 24.2. The lowest BCUT2D eigenvalue weighted by molar-refractivity contribution is -0.154. The normalized spacial score (nSPS) is 36.5. The number of Topliss-reactive ketones (excluding diaryl/α,β-unsaturated/α-hetero) is 1. The lowest BCUT2D eigenvalue weighted by atomic mass is 9.49. The molecule has 2 fully saturated rings. The molecule has 4 atom stereocenters. The van der Waals surface area contributed by atoms with Gasteiger partial charge in [0.15, 0.2) is 0 Å². The Balaban J connectivity index is 2.02. The molecular weight excluding hydrogens is 447 g/mol. The van der Waals surface area contributed by atoms with Crippen LogP contribution in [0.5, 0.6) is 0 Å². The van der Waals surface area contributed by atoms with Crippen LogP contribution in [0.3, 0.4) is 0 Å². The van der Waals surface area contributed by atoms with Crippen LogP contribution in [0.2, 0.25) is 0 Å². The minimum Gasteiger partial charge on any atom is -0.430 e. The van der Waals surface area contributed by atoms with Crippen LogP contribution in [-0.2, 0) is 14.3 Å². The molecule has 0 amide bonds. The molecule has 170 valence electrons. The second-order valence-electron chi connectivity index (χ2n) is 10.3. The Bertz CT molecular complexity index is 754. The molecule has 0 heterocycles. The average molecular weight is 480 g/mol. The summed E-state index contributed by atoms with van der Waals surface area (Å²) in [5.41, 5.74) is 0.694. The quantitative estimate of drug-likeness (QED) is 0.239. The third kappa shape index (κ3) is 4.26. The first-order valence-corrected chi connectivity index (χ1v) is 12.0. The summed E-state index contributed by atoms with van der Waals surface area (Å²) >= 11 is 17.2. The van der Waals surface area contributed by atoms with E-state index < -0.39 is 26.4 Å². The van der Waals surface area contributed by atoms with Crippen LogP contribution in [0.15, 0.2) is 11.1 Å². The first-order valence-electron chi connectivity index (χ1n) is 10.9. The van der Waals surface area contributed by atoms with E-state index in [4.69, 9.17) is 44.3 Å². The van der Waals surface area contributed by atoms with Gasteiger partial charge in [-0.15, -0.1) is 0 Å². The van der Waals surface area contributed by atoms with Crippen molar-refractivity contribution in [1.29, 1.82) is 0 Å². The summed E-state index contributed by atoms with van der Waals surface area (Å²) < 4.78 is 9.61. The maximum Gasteiger partial charge on any atom is 0.509 e. The number of ketones is 1. The number of carbonyl (C=O) groups excluding carboxylic acids is 2. The van der Waals surface area contributed by atoms with Gasteiger partial charge in [-0.25, -0.2) is 4.79 Å². The Morgan fingerprint density at radius 2 is 1.87 bits per heavy atom. The van der Waals surface area contributed by atoms with Crippen molar-refractivity contribution >= 4 is 46.7 Å². The van der Waals surface area contributed by atoms with E-state index in [1.165, 1.54) is 5.57 Å². The van der Waals surface area contributed by atoms with E-state index in [1.807, 2.05) is 0 Å². The number of allylic oxidation sites excluding steroid dienone is 1. The summed E-state index contributed by atoms with van der Waals surface area (Å²) in [5, 5.41) is 0. The van der Waals surface area contributed by atoms with Crippen molar-refractivity contribution in [1.82, 2.24) is 0 Å². The Morgan fingerprint density at radius 1 is 1.20 bits per heavy atom. The zero-order valence-corrected chi connectivity index (χ0v) is 20.8. The predicted molar refractivity (Wildman–Crippen MR) is 120 cm³/mol. The molecule has 0 aromatic rings. The van der Waals surface area contributed by atoms with Crippen LogP contribution in [0, 0.1) is 22.7 Å². The van der Waals surface area contributed by atoms with Crippen molar-refractivity contribution in [2.75, 3.05) is 6.61 Å². The number of carbonyl (C=O) groups is 2. The Morgan fingerprint density at radius 3 is 2.50 bits per heavy atom. The van der Waals surface area contributed by atoms with Gasteiger partial charge in [0, 0.05) is 17.3 Å². The van der Waals surface area contributed by atoms with Crippen LogP contribution in [-0.4, -0.2) is 27.9 Å². The summed E-state index contributed by atoms with van der Waals surface area (Å²) in [6, 6.07) is 0. The standard InChI is InChI=1S/C23H33Cl3O4/c1-14-7-6-9-21(5)17(14)12-22(30-19(28)29-13-23(24,25)26)10-8-15(2)16(11-18(21)27)20(22,3)4/h14,17H,6-13H2,1-5H3/t14-,17-,21-,22-/m1/s1. The number of hydrogen-bond acceptors (Lipinski definition) is 4. The van der Waals surface area contributed by atoms with E-state index in [0.717, 1.165) is 31.3 Å². The molecule has 7 heteroatoms. The van der Waals surface area contributed by atoms with Gasteiger partial charge in [-0.05, 0) is 44.4 Å². The molecule has 0 radical (unpaired) electrons. The molecule has 0 aromatic heterocycles. The van der Waals surface area contributed by atoms with Crippen molar-refractivity contribution in [2.45, 2.75) is 89.0 Å². The smallest absolute Gasteiger partial charge is 0.430 e. The van der Waals surface area contributed by atoms with E-state index in [-0.39, 0.29) is 12.5 Å². The molecule has 30 heavy (non-hydrogen) atoms. The average Bonchev–Trinajstić information content (AvgIpc) is 2.62. The third-order valence-electron chi connectivity index (χ3n) is 8.33. The highest BCUT2D eigenvalue weighted by molar-refractivity contribution is 6.67. The van der Waals surface area contributed by atoms with Gasteiger partial charge in [-0.1, -0.05) is 86.5 Å². The maximum atomic E-state index is 13.5. The first-order chi connectivity index (χ1) is 13.7. The number of fused-ring (bicyclic) bond motifs is 3. The zero-order chi connectivity index (χ0) is 22.5. The molecule has 0 aromatic carbocycles. The van der Waals surface area contributed by atoms with E-state index >= 15 is 0 Å². The molecule has 2 bridgehead atoms. The SMILES string of the molecule is CC1=C2CC(=O)[C@]3(C)CCC[C@@H](C)[C@H]3C[C@](OC(=O)OCC(Cl)(Cl)Cl)(CC1)C2(C)C. The monoisotopic (exact) mass is 478 g/mol. The van der Waals surface area contributed by atoms with Crippen molar-refractivity contribution in [3.05, 3.63) is 11.1 Å². The minimum absolute atomic E-state index is 0.152. The second kappa shape index (κ2) is 8.15. The predicted octanol–water partition coefficient (Wildman–Crippen LogP) is 7.19. The van der Waals surface area contributed by atoms with Gasteiger partial charge in [0.05, 0.1) is 0 Å². The summed E-state index contributed by atoms with van der Waals surface area (Å²) in [4.78, 5) is 26.2. The van der Waals surface area contributed by atoms with Crippen LogP contribution in [0.4, 0.5) is 4.79 Å². The number of alkyl halides is 3. The molecule has 3 aliphatic rings. The molecule has 4 nitrogen and oxygen atoms in total. The van der Waals surface area contributed by atoms with E-state index in [2.05, 4.69) is 34.6 Å². The van der Waals surface area contributed by atoms with Crippen molar-refractivity contribution in [2.24, 2.45) is 22.7 Å². The summed E-state index contributed by atoms with van der Waals surface area (Å²) in [7, 11) is 0. The van der Waals surface area contributed by atoms with Crippen LogP contribution in [0.25, 0.3) is 0 Å². The van der Waals surface area contributed by atoms with E-state index in [1.54, 1.807) is 0 Å². The lowest BCUT2D eigenvalue weighted by Gasteiger charge is -2.57. The number of halogens is 3. The zero-order valence-electron chi connectivity index (χ0n) is 18.6. The molecule has 3 aliphatic carbocycles. The molecule has 0 N–H and O–H groups in total. The van der Waals surface area contributed by atoms with Crippen LogP contribution >= 0.6 is 34.8 Å². The Labute approximate surface area is 195 Å². The summed E-state index contributed by atoms with van der Waals surface area (Å²) in [6.07, 6.45) is 4.78. The highest BCUT2D eigenvalue weighted by atomic mass is 35.6. The van der Waals surface area contributed by atoms with Gasteiger partial charge in [-0.3, -0.25) is 4.79 Å². The lowest BCUT2D eigenvalue weighted by Crippen LogP contribution is -2.58. The number of hydrogen-bond donors (Lipinski definition) is 0. The fourth-order valence-electron chi connectivity index (χ4n) is 6.24. The van der Waals surface area contributed by atoms with E-state index in [0.29, 0.717) is 31.0 Å². The molecule has 0 unspecified atom stereocenters. The number of rotatable bonds is 2. The molecule has 0 saturated heterocycles. The van der Waals surface area contributed by atoms with Gasteiger partial charge in [0.2, 0.25) is 3.79 Å². The summed E-state index contributed by atoms with van der Waals surface area (Å²) in [5.74, 6) is 0.865. The fourth-order valence-corrected chi connectivity index (χ4v) is 6.40. The van der Waals surface area contributed by atoms with Gasteiger partial charge >= 0.3 is 6.16 Å². The molecule has 3 rings (SSSR count). The summed E-state index contributed by atoms with van der Waals surface area (Å²) in [6.45, 7) is 10.3. The van der Waals surface area contributed by atoms with Crippen molar-refractivity contribution in [3.8, 4) is 0 Å². The van der Waals surface area contributed by atoms with Crippen LogP contribution < -0.4 is 0 Å². The van der Waals surface area contributed by atoms with E-state index in [9.17, 15) is 9.59 Å². The largest absolute Gasteiger partial charge is 0.509 e.